The average Bonchev–Trinajstić information content (AvgIpc) is 2.59. The topological polar surface area (TPSA) is 84.5 Å². The summed E-state index contributed by atoms with van der Waals surface area (Å²) in [5.74, 6) is -1.03. The Morgan fingerprint density at radius 2 is 1.56 bits per heavy atom. The summed E-state index contributed by atoms with van der Waals surface area (Å²) in [6.45, 7) is 6.78. The Labute approximate surface area is 158 Å². The van der Waals surface area contributed by atoms with Crippen molar-refractivity contribution in [2.24, 2.45) is 0 Å². The fourth-order valence-electron chi connectivity index (χ4n) is 2.60. The summed E-state index contributed by atoms with van der Waals surface area (Å²) in [7, 11) is 0. The normalized spacial score (nSPS) is 11.4. The third-order valence-electron chi connectivity index (χ3n) is 4.03. The van der Waals surface area contributed by atoms with Gasteiger partial charge in [0.15, 0.2) is 6.10 Å². The van der Waals surface area contributed by atoms with Crippen molar-refractivity contribution in [3.8, 4) is 0 Å². The van der Waals surface area contributed by atoms with Gasteiger partial charge in [0.25, 0.3) is 5.91 Å². The molecule has 2 amide bonds. The van der Waals surface area contributed by atoms with Gasteiger partial charge in [0, 0.05) is 18.3 Å². The van der Waals surface area contributed by atoms with Crippen LogP contribution >= 0.6 is 0 Å². The molecule has 2 aromatic carbocycles. The van der Waals surface area contributed by atoms with E-state index in [9.17, 15) is 14.4 Å². The summed E-state index contributed by atoms with van der Waals surface area (Å²) < 4.78 is 5.24. The average molecular weight is 368 g/mol. The van der Waals surface area contributed by atoms with Crippen molar-refractivity contribution in [1.29, 1.82) is 0 Å². The minimum absolute atomic E-state index is 0.0430. The molecule has 0 aliphatic rings. The molecule has 142 valence electrons. The van der Waals surface area contributed by atoms with Crippen molar-refractivity contribution < 1.29 is 19.1 Å². The van der Waals surface area contributed by atoms with E-state index in [1.54, 1.807) is 31.2 Å². The molecule has 2 aromatic rings. The lowest BCUT2D eigenvalue weighted by molar-refractivity contribution is -0.152. The highest BCUT2D eigenvalue weighted by Gasteiger charge is 2.19. The number of hydrogen-bond donors (Lipinski definition) is 2. The number of hydrogen-bond acceptors (Lipinski definition) is 4. The van der Waals surface area contributed by atoms with Crippen LogP contribution in [0.25, 0.3) is 0 Å². The maximum absolute atomic E-state index is 12.3. The Balaban J connectivity index is 1.91. The molecule has 0 aliphatic carbocycles. The third-order valence-corrected chi connectivity index (χ3v) is 4.03. The number of aryl methyl sites for hydroxylation is 2. The van der Waals surface area contributed by atoms with Gasteiger partial charge >= 0.3 is 5.97 Å². The molecule has 2 N–H and O–H groups in total. The van der Waals surface area contributed by atoms with Gasteiger partial charge in [-0.05, 0) is 49.6 Å². The number of ether oxygens (including phenoxy) is 1. The van der Waals surface area contributed by atoms with Crippen molar-refractivity contribution >= 4 is 29.2 Å². The van der Waals surface area contributed by atoms with Crippen molar-refractivity contribution in [2.45, 2.75) is 40.2 Å². The fraction of sp³-hybridized carbons (Fsp3) is 0.286. The van der Waals surface area contributed by atoms with E-state index in [1.807, 2.05) is 32.0 Å². The van der Waals surface area contributed by atoms with Crippen LogP contribution in [0.4, 0.5) is 11.4 Å². The van der Waals surface area contributed by atoms with Crippen LogP contribution in [-0.4, -0.2) is 23.9 Å². The maximum Gasteiger partial charge on any atom is 0.311 e. The number of para-hydroxylation sites is 1. The summed E-state index contributed by atoms with van der Waals surface area (Å²) >= 11 is 0. The minimum Gasteiger partial charge on any atom is -0.452 e. The van der Waals surface area contributed by atoms with E-state index >= 15 is 0 Å². The van der Waals surface area contributed by atoms with E-state index in [1.165, 1.54) is 6.92 Å². The molecular weight excluding hydrogens is 344 g/mol. The zero-order chi connectivity index (χ0) is 20.0. The molecule has 1 atom stereocenters. The van der Waals surface area contributed by atoms with Gasteiger partial charge in [-0.25, -0.2) is 0 Å². The second-order valence-corrected chi connectivity index (χ2v) is 6.44. The van der Waals surface area contributed by atoms with Crippen LogP contribution in [0.2, 0.25) is 0 Å². The van der Waals surface area contributed by atoms with Crippen LogP contribution < -0.4 is 10.6 Å². The molecule has 0 spiro atoms. The monoisotopic (exact) mass is 368 g/mol. The zero-order valence-electron chi connectivity index (χ0n) is 16.0. The van der Waals surface area contributed by atoms with Crippen LogP contribution in [0, 0.1) is 13.8 Å². The number of carbonyl (C=O) groups is 3. The van der Waals surface area contributed by atoms with Crippen molar-refractivity contribution in [1.82, 2.24) is 0 Å². The third kappa shape index (κ3) is 5.95. The summed E-state index contributed by atoms with van der Waals surface area (Å²) in [6.07, 6.45) is -0.864. The number of nitrogens with one attached hydrogen (secondary N) is 2. The summed E-state index contributed by atoms with van der Waals surface area (Å²) in [6, 6.07) is 12.6. The number of carbonyl (C=O) groups excluding carboxylic acids is 3. The summed E-state index contributed by atoms with van der Waals surface area (Å²) in [5, 5.41) is 5.47. The van der Waals surface area contributed by atoms with Crippen molar-refractivity contribution in [3.63, 3.8) is 0 Å². The second kappa shape index (κ2) is 8.98. The predicted octanol–water partition coefficient (Wildman–Crippen LogP) is 3.37. The molecule has 0 heterocycles. The Bertz CT molecular complexity index is 824. The van der Waals surface area contributed by atoms with E-state index < -0.39 is 12.1 Å². The molecule has 0 bridgehead atoms. The first-order valence-corrected chi connectivity index (χ1v) is 8.69. The van der Waals surface area contributed by atoms with Crippen LogP contribution in [0.1, 0.15) is 30.5 Å². The van der Waals surface area contributed by atoms with Gasteiger partial charge in [0.05, 0.1) is 6.42 Å². The Hall–Kier alpha value is -3.15. The smallest absolute Gasteiger partial charge is 0.311 e. The van der Waals surface area contributed by atoms with E-state index in [4.69, 9.17) is 4.74 Å². The number of esters is 1. The Morgan fingerprint density at radius 3 is 2.11 bits per heavy atom. The molecule has 0 saturated carbocycles. The molecule has 0 radical (unpaired) electrons. The zero-order valence-corrected chi connectivity index (χ0v) is 16.0. The van der Waals surface area contributed by atoms with E-state index in [2.05, 4.69) is 10.6 Å². The highest BCUT2D eigenvalue weighted by Crippen LogP contribution is 2.20. The summed E-state index contributed by atoms with van der Waals surface area (Å²) in [4.78, 5) is 35.4. The number of amides is 2. The van der Waals surface area contributed by atoms with E-state index in [0.717, 1.165) is 22.4 Å². The van der Waals surface area contributed by atoms with Gasteiger partial charge in [-0.1, -0.05) is 30.3 Å². The molecule has 0 aromatic heterocycles. The lowest BCUT2D eigenvalue weighted by Gasteiger charge is -2.16. The van der Waals surface area contributed by atoms with Gasteiger partial charge < -0.3 is 15.4 Å². The summed E-state index contributed by atoms with van der Waals surface area (Å²) in [5.41, 5.74) is 4.01. The van der Waals surface area contributed by atoms with Crippen molar-refractivity contribution in [2.75, 3.05) is 10.6 Å². The molecule has 0 saturated heterocycles. The lowest BCUT2D eigenvalue weighted by atomic mass is 10.1. The number of anilines is 2. The molecule has 6 heteroatoms. The van der Waals surface area contributed by atoms with Crippen LogP contribution in [0.5, 0.6) is 0 Å². The first kappa shape index (κ1) is 20.2. The number of rotatable bonds is 6. The highest BCUT2D eigenvalue weighted by molar-refractivity contribution is 5.96. The standard InChI is InChI=1S/C21H24N2O4/c1-13-6-5-7-14(2)20(13)23-21(26)15(3)27-19(25)12-17-8-10-18(11-9-17)22-16(4)24/h5-11,15H,12H2,1-4H3,(H,22,24)(H,23,26)/t15-/m0/s1. The first-order valence-electron chi connectivity index (χ1n) is 8.69. The lowest BCUT2D eigenvalue weighted by Crippen LogP contribution is -2.31. The molecule has 27 heavy (non-hydrogen) atoms. The molecular formula is C21H24N2O4. The molecule has 0 aliphatic heterocycles. The molecule has 6 nitrogen and oxygen atoms in total. The van der Waals surface area contributed by atoms with Crippen LogP contribution in [0.15, 0.2) is 42.5 Å². The van der Waals surface area contributed by atoms with Gasteiger partial charge in [0.2, 0.25) is 5.91 Å². The van der Waals surface area contributed by atoms with E-state index in [0.29, 0.717) is 5.69 Å². The van der Waals surface area contributed by atoms with Gasteiger partial charge in [0.1, 0.15) is 0 Å². The maximum atomic E-state index is 12.3. The predicted molar refractivity (Wildman–Crippen MR) is 105 cm³/mol. The Morgan fingerprint density at radius 1 is 0.963 bits per heavy atom. The molecule has 0 unspecified atom stereocenters. The second-order valence-electron chi connectivity index (χ2n) is 6.44. The van der Waals surface area contributed by atoms with Gasteiger partial charge in [-0.15, -0.1) is 0 Å². The SMILES string of the molecule is CC(=O)Nc1ccc(CC(=O)O[C@@H](C)C(=O)Nc2c(C)cccc2C)cc1. The van der Waals surface area contributed by atoms with Gasteiger partial charge in [-0.3, -0.25) is 14.4 Å². The fourth-order valence-corrected chi connectivity index (χ4v) is 2.60. The van der Waals surface area contributed by atoms with Crippen LogP contribution in [0.3, 0.4) is 0 Å². The molecule has 2 rings (SSSR count). The van der Waals surface area contributed by atoms with Gasteiger partial charge in [-0.2, -0.15) is 0 Å². The number of benzene rings is 2. The van der Waals surface area contributed by atoms with Crippen LogP contribution in [-0.2, 0) is 25.5 Å². The van der Waals surface area contributed by atoms with Crippen molar-refractivity contribution in [3.05, 3.63) is 59.2 Å². The molecule has 0 fully saturated rings. The van der Waals surface area contributed by atoms with E-state index in [-0.39, 0.29) is 18.2 Å². The largest absolute Gasteiger partial charge is 0.452 e. The quantitative estimate of drug-likeness (QED) is 0.766. The highest BCUT2D eigenvalue weighted by atomic mass is 16.5. The Kier molecular flexibility index (Phi) is 6.71. The first-order chi connectivity index (χ1) is 12.8. The minimum atomic E-state index is -0.907.